The molecule has 0 spiro atoms. The molecular weight excluding hydrogens is 258 g/mol. The Labute approximate surface area is 106 Å². The second-order valence-electron chi connectivity index (χ2n) is 3.81. The molecule has 0 heterocycles. The molecule has 0 amide bonds. The van der Waals surface area contributed by atoms with Crippen LogP contribution in [0.3, 0.4) is 0 Å². The summed E-state index contributed by atoms with van der Waals surface area (Å²) in [6.45, 7) is 2.81. The van der Waals surface area contributed by atoms with E-state index in [-0.39, 0.29) is 0 Å². The van der Waals surface area contributed by atoms with Gasteiger partial charge in [0.05, 0.1) is 12.8 Å². The zero-order valence-electron chi connectivity index (χ0n) is 10.3. The van der Waals surface area contributed by atoms with Crippen molar-refractivity contribution >= 4 is 21.7 Å². The third-order valence-electron chi connectivity index (χ3n) is 2.50. The maximum absolute atomic E-state index is 11.7. The van der Waals surface area contributed by atoms with Gasteiger partial charge in [-0.05, 0) is 37.6 Å². The largest absolute Gasteiger partial charge is 0.497 e. The van der Waals surface area contributed by atoms with E-state index in [9.17, 15) is 13.2 Å². The monoisotopic (exact) mass is 273 g/mol. The number of sulfonamides is 1. The Morgan fingerprint density at radius 2 is 2.06 bits per heavy atom. The number of carbonyl (C=O) groups is 1. The summed E-state index contributed by atoms with van der Waals surface area (Å²) in [7, 11) is -2.44. The van der Waals surface area contributed by atoms with E-state index in [1.165, 1.54) is 13.2 Å². The number of carboxylic acids is 1. The number of rotatable bonds is 5. The van der Waals surface area contributed by atoms with Gasteiger partial charge in [0.1, 0.15) is 5.75 Å². The van der Waals surface area contributed by atoms with E-state index in [0.29, 0.717) is 17.0 Å². The molecule has 0 aliphatic heterocycles. The highest BCUT2D eigenvalue weighted by molar-refractivity contribution is 7.94. The summed E-state index contributed by atoms with van der Waals surface area (Å²) in [5.41, 5.74) is 0.986. The number of nitrogens with one attached hydrogen (secondary N) is 1. The molecule has 18 heavy (non-hydrogen) atoms. The van der Waals surface area contributed by atoms with Crippen LogP contribution in [-0.4, -0.2) is 31.9 Å². The van der Waals surface area contributed by atoms with Gasteiger partial charge in [-0.25, -0.2) is 8.42 Å². The summed E-state index contributed by atoms with van der Waals surface area (Å²) in [5.74, 6) is -0.796. The molecule has 0 radical (unpaired) electrons. The molecule has 0 saturated carbocycles. The average molecular weight is 273 g/mol. The molecule has 0 bridgehead atoms. The maximum Gasteiger partial charge on any atom is 0.323 e. The molecule has 0 aliphatic rings. The molecule has 0 aromatic heterocycles. The van der Waals surface area contributed by atoms with Crippen LogP contribution in [0, 0.1) is 6.92 Å². The van der Waals surface area contributed by atoms with Gasteiger partial charge in [0.15, 0.2) is 5.25 Å². The van der Waals surface area contributed by atoms with E-state index in [1.807, 2.05) is 0 Å². The number of benzene rings is 1. The van der Waals surface area contributed by atoms with Crippen molar-refractivity contribution in [2.45, 2.75) is 19.1 Å². The molecular formula is C11H15NO5S. The molecule has 1 unspecified atom stereocenters. The second kappa shape index (κ2) is 5.26. The minimum absolute atomic E-state index is 0.337. The van der Waals surface area contributed by atoms with Crippen LogP contribution in [-0.2, 0) is 14.8 Å². The molecule has 1 aromatic carbocycles. The van der Waals surface area contributed by atoms with Gasteiger partial charge in [0.25, 0.3) is 0 Å². The Morgan fingerprint density at radius 3 is 2.50 bits per heavy atom. The molecule has 1 rings (SSSR count). The van der Waals surface area contributed by atoms with E-state index < -0.39 is 21.2 Å². The first-order chi connectivity index (χ1) is 8.27. The lowest BCUT2D eigenvalue weighted by molar-refractivity contribution is -0.136. The van der Waals surface area contributed by atoms with Crippen molar-refractivity contribution in [1.82, 2.24) is 0 Å². The smallest absolute Gasteiger partial charge is 0.323 e. The fourth-order valence-electron chi connectivity index (χ4n) is 1.25. The van der Waals surface area contributed by atoms with Crippen LogP contribution in [0.5, 0.6) is 5.75 Å². The second-order valence-corrected chi connectivity index (χ2v) is 5.81. The van der Waals surface area contributed by atoms with E-state index in [2.05, 4.69) is 4.72 Å². The molecule has 6 nitrogen and oxygen atoms in total. The Hall–Kier alpha value is -1.76. The zero-order valence-corrected chi connectivity index (χ0v) is 11.1. The van der Waals surface area contributed by atoms with Crippen LogP contribution in [0.1, 0.15) is 12.5 Å². The Kier molecular flexibility index (Phi) is 4.18. The first-order valence-electron chi connectivity index (χ1n) is 5.17. The highest BCUT2D eigenvalue weighted by Crippen LogP contribution is 2.22. The summed E-state index contributed by atoms with van der Waals surface area (Å²) in [5, 5.41) is 7.19. The van der Waals surface area contributed by atoms with Gasteiger partial charge in [-0.15, -0.1) is 0 Å². The quantitative estimate of drug-likeness (QED) is 0.841. The van der Waals surface area contributed by atoms with Gasteiger partial charge in [-0.2, -0.15) is 0 Å². The van der Waals surface area contributed by atoms with Crippen LogP contribution in [0.25, 0.3) is 0 Å². The lowest BCUT2D eigenvalue weighted by atomic mass is 10.2. The Morgan fingerprint density at radius 1 is 1.44 bits per heavy atom. The van der Waals surface area contributed by atoms with E-state index >= 15 is 0 Å². The summed E-state index contributed by atoms with van der Waals surface area (Å²) in [4.78, 5) is 10.7. The van der Waals surface area contributed by atoms with Gasteiger partial charge < -0.3 is 9.84 Å². The van der Waals surface area contributed by atoms with Gasteiger partial charge in [-0.3, -0.25) is 9.52 Å². The minimum Gasteiger partial charge on any atom is -0.497 e. The lowest BCUT2D eigenvalue weighted by Gasteiger charge is -2.13. The molecule has 100 valence electrons. The van der Waals surface area contributed by atoms with Crippen molar-refractivity contribution in [2.75, 3.05) is 11.8 Å². The molecule has 0 aliphatic carbocycles. The SMILES string of the molecule is COc1ccc(NS(=O)(=O)C(C)C(=O)O)c(C)c1. The molecule has 1 atom stereocenters. The van der Waals surface area contributed by atoms with Gasteiger partial charge in [-0.1, -0.05) is 0 Å². The predicted octanol–water partition coefficient (Wildman–Crippen LogP) is 1.22. The molecule has 7 heteroatoms. The summed E-state index contributed by atoms with van der Waals surface area (Å²) in [6.07, 6.45) is 0. The standard InChI is InChI=1S/C11H15NO5S/c1-7-6-9(17-3)4-5-10(7)12-18(15,16)8(2)11(13)14/h4-6,8,12H,1-3H3,(H,13,14). The van der Waals surface area contributed by atoms with Crippen molar-refractivity contribution in [2.24, 2.45) is 0 Å². The number of methoxy groups -OCH3 is 1. The number of aliphatic carboxylic acids is 1. The van der Waals surface area contributed by atoms with Crippen molar-refractivity contribution in [1.29, 1.82) is 0 Å². The van der Waals surface area contributed by atoms with Gasteiger partial charge >= 0.3 is 5.97 Å². The molecule has 1 aromatic rings. The Balaban J connectivity index is 3.01. The normalized spacial score (nSPS) is 12.8. The summed E-state index contributed by atoms with van der Waals surface area (Å²) in [6, 6.07) is 4.78. The maximum atomic E-state index is 11.7. The first kappa shape index (κ1) is 14.3. The number of hydrogen-bond donors (Lipinski definition) is 2. The number of anilines is 1. The number of carboxylic acid groups (broad SMARTS) is 1. The fourth-order valence-corrected chi connectivity index (χ4v) is 2.23. The molecule has 0 fully saturated rings. The average Bonchev–Trinajstić information content (AvgIpc) is 2.30. The highest BCUT2D eigenvalue weighted by Gasteiger charge is 2.27. The van der Waals surface area contributed by atoms with E-state index in [0.717, 1.165) is 6.92 Å². The van der Waals surface area contributed by atoms with Crippen molar-refractivity contribution in [3.8, 4) is 5.75 Å². The van der Waals surface area contributed by atoms with Crippen molar-refractivity contribution in [3.63, 3.8) is 0 Å². The Bertz CT molecular complexity index is 553. The fraction of sp³-hybridized carbons (Fsp3) is 0.364. The zero-order chi connectivity index (χ0) is 13.9. The van der Waals surface area contributed by atoms with Crippen LogP contribution in [0.2, 0.25) is 0 Å². The van der Waals surface area contributed by atoms with Crippen LogP contribution in [0.4, 0.5) is 5.69 Å². The topological polar surface area (TPSA) is 92.7 Å². The van der Waals surface area contributed by atoms with Crippen molar-refractivity contribution < 1.29 is 23.1 Å². The van der Waals surface area contributed by atoms with E-state index in [4.69, 9.17) is 9.84 Å². The number of aryl methyl sites for hydroxylation is 1. The highest BCUT2D eigenvalue weighted by atomic mass is 32.2. The van der Waals surface area contributed by atoms with E-state index in [1.54, 1.807) is 19.1 Å². The lowest BCUT2D eigenvalue weighted by Crippen LogP contribution is -2.32. The molecule has 2 N–H and O–H groups in total. The third kappa shape index (κ3) is 3.13. The van der Waals surface area contributed by atoms with Gasteiger partial charge in [0.2, 0.25) is 10.0 Å². The minimum atomic E-state index is -3.95. The number of hydrogen-bond acceptors (Lipinski definition) is 4. The van der Waals surface area contributed by atoms with Gasteiger partial charge in [0, 0.05) is 0 Å². The molecule has 0 saturated heterocycles. The third-order valence-corrected chi connectivity index (χ3v) is 4.14. The number of ether oxygens (including phenoxy) is 1. The van der Waals surface area contributed by atoms with Crippen molar-refractivity contribution in [3.05, 3.63) is 23.8 Å². The summed E-state index contributed by atoms with van der Waals surface area (Å²) >= 11 is 0. The van der Waals surface area contributed by atoms with Crippen LogP contribution in [0.15, 0.2) is 18.2 Å². The van der Waals surface area contributed by atoms with Crippen LogP contribution < -0.4 is 9.46 Å². The first-order valence-corrected chi connectivity index (χ1v) is 6.71. The predicted molar refractivity (Wildman–Crippen MR) is 67.4 cm³/mol. The van der Waals surface area contributed by atoms with Crippen LogP contribution >= 0.6 is 0 Å². The summed E-state index contributed by atoms with van der Waals surface area (Å²) < 4.78 is 30.7.